The standard InChI is InChI=1S/C13H19FN2O3S/c1-4-11(13(15)17)16-8(2)9-5-6-12(10(14)7-9)20(3,18)19/h5-8,11,16H,4H2,1-3H3,(H2,15,17)/t8-,11-/m0/s1. The maximum Gasteiger partial charge on any atom is 0.234 e. The molecule has 0 fully saturated rings. The molecule has 3 N–H and O–H groups in total. The number of nitrogens with two attached hydrogens (primary N) is 1. The average Bonchev–Trinajstić information content (AvgIpc) is 2.33. The van der Waals surface area contributed by atoms with Crippen molar-refractivity contribution in [1.29, 1.82) is 0 Å². The molecule has 5 nitrogen and oxygen atoms in total. The molecule has 1 amide bonds. The summed E-state index contributed by atoms with van der Waals surface area (Å²) in [4.78, 5) is 10.8. The van der Waals surface area contributed by atoms with Crippen LogP contribution < -0.4 is 11.1 Å². The lowest BCUT2D eigenvalue weighted by Gasteiger charge is -2.20. The zero-order valence-electron chi connectivity index (χ0n) is 11.7. The Morgan fingerprint density at radius 2 is 2.05 bits per heavy atom. The Kier molecular flexibility index (Phi) is 5.24. The molecule has 20 heavy (non-hydrogen) atoms. The van der Waals surface area contributed by atoms with Crippen molar-refractivity contribution in [2.24, 2.45) is 5.73 Å². The van der Waals surface area contributed by atoms with Gasteiger partial charge in [-0.2, -0.15) is 0 Å². The molecular formula is C13H19FN2O3S. The van der Waals surface area contributed by atoms with Gasteiger partial charge in [-0.25, -0.2) is 12.8 Å². The van der Waals surface area contributed by atoms with Gasteiger partial charge in [-0.3, -0.25) is 10.1 Å². The summed E-state index contributed by atoms with van der Waals surface area (Å²) in [5, 5.41) is 2.98. The summed E-state index contributed by atoms with van der Waals surface area (Å²) in [5.74, 6) is -1.28. The molecule has 0 aromatic heterocycles. The van der Waals surface area contributed by atoms with E-state index in [1.54, 1.807) is 6.92 Å². The van der Waals surface area contributed by atoms with Gasteiger partial charge in [0.2, 0.25) is 5.91 Å². The second kappa shape index (κ2) is 6.32. The van der Waals surface area contributed by atoms with E-state index in [9.17, 15) is 17.6 Å². The number of amides is 1. The quantitative estimate of drug-likeness (QED) is 0.824. The number of carbonyl (C=O) groups excluding carboxylic acids is 1. The van der Waals surface area contributed by atoms with Crippen molar-refractivity contribution < 1.29 is 17.6 Å². The van der Waals surface area contributed by atoms with Gasteiger partial charge in [-0.1, -0.05) is 13.0 Å². The molecule has 0 unspecified atom stereocenters. The third kappa shape index (κ3) is 4.01. The molecule has 2 atom stereocenters. The van der Waals surface area contributed by atoms with Gasteiger partial charge >= 0.3 is 0 Å². The van der Waals surface area contributed by atoms with Crippen LogP contribution in [0, 0.1) is 5.82 Å². The van der Waals surface area contributed by atoms with Gasteiger partial charge in [-0.05, 0) is 31.0 Å². The Morgan fingerprint density at radius 3 is 2.45 bits per heavy atom. The third-order valence-corrected chi connectivity index (χ3v) is 4.19. The van der Waals surface area contributed by atoms with E-state index in [0.717, 1.165) is 12.3 Å². The van der Waals surface area contributed by atoms with Gasteiger partial charge in [-0.15, -0.1) is 0 Å². The lowest BCUT2D eigenvalue weighted by Crippen LogP contribution is -2.41. The summed E-state index contributed by atoms with van der Waals surface area (Å²) >= 11 is 0. The first kappa shape index (κ1) is 16.6. The first-order chi connectivity index (χ1) is 9.16. The summed E-state index contributed by atoms with van der Waals surface area (Å²) in [6, 6.07) is 3.06. The predicted octanol–water partition coefficient (Wildman–Crippen LogP) is 1.14. The van der Waals surface area contributed by atoms with Crippen LogP contribution in [0.25, 0.3) is 0 Å². The molecule has 0 spiro atoms. The van der Waals surface area contributed by atoms with Gasteiger partial charge in [0, 0.05) is 12.3 Å². The molecule has 0 saturated heterocycles. The Balaban J connectivity index is 2.99. The van der Waals surface area contributed by atoms with Crippen LogP contribution in [0.3, 0.4) is 0 Å². The topological polar surface area (TPSA) is 89.3 Å². The van der Waals surface area contributed by atoms with Gasteiger partial charge in [0.1, 0.15) is 10.7 Å². The van der Waals surface area contributed by atoms with E-state index >= 15 is 0 Å². The minimum absolute atomic E-state index is 0.324. The fourth-order valence-electron chi connectivity index (χ4n) is 1.89. The van der Waals surface area contributed by atoms with Crippen molar-refractivity contribution in [2.45, 2.75) is 37.2 Å². The molecule has 1 aromatic carbocycles. The SMILES string of the molecule is CC[C@H](N[C@@H](C)c1ccc(S(C)(=O)=O)c(F)c1)C(N)=O. The van der Waals surface area contributed by atoms with Gasteiger partial charge in [0.25, 0.3) is 0 Å². The number of hydrogen-bond donors (Lipinski definition) is 2. The second-order valence-corrected chi connectivity index (χ2v) is 6.70. The van der Waals surface area contributed by atoms with Crippen molar-refractivity contribution in [3.8, 4) is 0 Å². The molecule has 0 saturated carbocycles. The van der Waals surface area contributed by atoms with E-state index in [0.29, 0.717) is 12.0 Å². The van der Waals surface area contributed by atoms with Crippen molar-refractivity contribution in [1.82, 2.24) is 5.32 Å². The molecular weight excluding hydrogens is 283 g/mol. The van der Waals surface area contributed by atoms with Crippen LogP contribution in [-0.4, -0.2) is 26.6 Å². The number of hydrogen-bond acceptors (Lipinski definition) is 4. The maximum absolute atomic E-state index is 13.8. The van der Waals surface area contributed by atoms with E-state index in [-0.39, 0.29) is 10.9 Å². The van der Waals surface area contributed by atoms with E-state index in [1.165, 1.54) is 12.1 Å². The van der Waals surface area contributed by atoms with Crippen LogP contribution in [-0.2, 0) is 14.6 Å². The summed E-state index contributed by atoms with van der Waals surface area (Å²) in [6.07, 6.45) is 1.47. The van der Waals surface area contributed by atoms with Crippen LogP contribution in [0.15, 0.2) is 23.1 Å². The average molecular weight is 302 g/mol. The molecule has 0 aliphatic rings. The fourth-order valence-corrected chi connectivity index (χ4v) is 2.61. The predicted molar refractivity (Wildman–Crippen MR) is 74.3 cm³/mol. The number of halogens is 1. The Morgan fingerprint density at radius 1 is 1.45 bits per heavy atom. The van der Waals surface area contributed by atoms with Crippen LogP contribution in [0.2, 0.25) is 0 Å². The molecule has 1 rings (SSSR count). The van der Waals surface area contributed by atoms with Gasteiger partial charge < -0.3 is 5.73 Å². The summed E-state index contributed by atoms with van der Waals surface area (Å²) in [6.45, 7) is 3.56. The summed E-state index contributed by atoms with van der Waals surface area (Å²) < 4.78 is 36.4. The molecule has 0 aliphatic carbocycles. The maximum atomic E-state index is 13.8. The number of nitrogens with one attached hydrogen (secondary N) is 1. The van der Waals surface area contributed by atoms with Gasteiger partial charge in [0.05, 0.1) is 6.04 Å². The fraction of sp³-hybridized carbons (Fsp3) is 0.462. The van der Waals surface area contributed by atoms with Crippen LogP contribution in [0.1, 0.15) is 31.9 Å². The highest BCUT2D eigenvalue weighted by Gasteiger charge is 2.19. The highest BCUT2D eigenvalue weighted by molar-refractivity contribution is 7.90. The van der Waals surface area contributed by atoms with Crippen molar-refractivity contribution in [3.05, 3.63) is 29.6 Å². The monoisotopic (exact) mass is 302 g/mol. The van der Waals surface area contributed by atoms with Crippen molar-refractivity contribution >= 4 is 15.7 Å². The number of benzene rings is 1. The third-order valence-electron chi connectivity index (χ3n) is 3.06. The highest BCUT2D eigenvalue weighted by atomic mass is 32.2. The smallest absolute Gasteiger partial charge is 0.234 e. The lowest BCUT2D eigenvalue weighted by atomic mass is 10.1. The zero-order chi connectivity index (χ0) is 15.5. The molecule has 112 valence electrons. The van der Waals surface area contributed by atoms with Crippen LogP contribution in [0.5, 0.6) is 0 Å². The van der Waals surface area contributed by atoms with Crippen molar-refractivity contribution in [2.75, 3.05) is 6.26 Å². The lowest BCUT2D eigenvalue weighted by molar-refractivity contribution is -0.120. The van der Waals surface area contributed by atoms with Gasteiger partial charge in [0.15, 0.2) is 9.84 Å². The normalized spacial score (nSPS) is 14.8. The molecule has 0 radical (unpaired) electrons. The Bertz CT molecular complexity index is 602. The first-order valence-corrected chi connectivity index (χ1v) is 8.10. The minimum Gasteiger partial charge on any atom is -0.368 e. The van der Waals surface area contributed by atoms with E-state index < -0.39 is 27.6 Å². The van der Waals surface area contributed by atoms with Crippen LogP contribution in [0.4, 0.5) is 4.39 Å². The molecule has 0 aliphatic heterocycles. The Hall–Kier alpha value is -1.47. The number of primary amides is 1. The van der Waals surface area contributed by atoms with E-state index in [4.69, 9.17) is 5.73 Å². The number of rotatable bonds is 6. The number of sulfone groups is 1. The minimum atomic E-state index is -3.59. The van der Waals surface area contributed by atoms with Crippen LogP contribution >= 0.6 is 0 Å². The van der Waals surface area contributed by atoms with Crippen molar-refractivity contribution in [3.63, 3.8) is 0 Å². The summed E-state index contributed by atoms with van der Waals surface area (Å²) in [7, 11) is -3.59. The first-order valence-electron chi connectivity index (χ1n) is 6.21. The second-order valence-electron chi connectivity index (χ2n) is 4.71. The zero-order valence-corrected chi connectivity index (χ0v) is 12.5. The van der Waals surface area contributed by atoms with E-state index in [1.807, 2.05) is 6.92 Å². The Labute approximate surface area is 118 Å². The number of carbonyl (C=O) groups is 1. The summed E-state index contributed by atoms with van der Waals surface area (Å²) in [5.41, 5.74) is 5.78. The molecule has 0 heterocycles. The highest BCUT2D eigenvalue weighted by Crippen LogP contribution is 2.20. The van der Waals surface area contributed by atoms with E-state index in [2.05, 4.69) is 5.32 Å². The largest absolute Gasteiger partial charge is 0.368 e. The molecule has 1 aromatic rings. The molecule has 7 heteroatoms. The molecule has 0 bridgehead atoms.